The molecule has 0 unspecified atom stereocenters. The first-order valence-corrected chi connectivity index (χ1v) is 11.3. The minimum Gasteiger partial charge on any atom is -0.454 e. The highest BCUT2D eigenvalue weighted by atomic mass is 32.2. The Bertz CT molecular complexity index is 912. The molecule has 2 aliphatic heterocycles. The molecule has 2 aliphatic rings. The lowest BCUT2D eigenvalue weighted by atomic mass is 10.0. The van der Waals surface area contributed by atoms with Gasteiger partial charge in [0.25, 0.3) is 0 Å². The molecule has 0 saturated carbocycles. The number of fused-ring (bicyclic) bond motifs is 1. The average Bonchev–Trinajstić information content (AvgIpc) is 3.16. The van der Waals surface area contributed by atoms with E-state index in [4.69, 9.17) is 9.47 Å². The zero-order valence-corrected chi connectivity index (χ0v) is 16.7. The first kappa shape index (κ1) is 19.0. The van der Waals surface area contributed by atoms with E-state index in [-0.39, 0.29) is 12.8 Å². The molecule has 1 atom stereocenters. The standard InChI is InChI=1S/C20H25N3O4S/c1-28(24,25)21-14-18(16-7-8-19-20(13-16)27-15-26-19)23-11-9-22(10-12-23)17-5-3-2-4-6-17/h2-8,13,18,21H,9-12,14-15H2,1H3/t18-/m0/s1. The Labute approximate surface area is 165 Å². The van der Waals surface area contributed by atoms with Crippen molar-refractivity contribution in [3.63, 3.8) is 0 Å². The molecule has 2 aromatic rings. The molecule has 0 aromatic heterocycles. The van der Waals surface area contributed by atoms with Crippen LogP contribution < -0.4 is 19.1 Å². The highest BCUT2D eigenvalue weighted by molar-refractivity contribution is 7.88. The summed E-state index contributed by atoms with van der Waals surface area (Å²) in [4.78, 5) is 4.69. The van der Waals surface area contributed by atoms with Gasteiger partial charge in [0.05, 0.1) is 6.26 Å². The van der Waals surface area contributed by atoms with Crippen molar-refractivity contribution in [1.29, 1.82) is 0 Å². The van der Waals surface area contributed by atoms with E-state index in [2.05, 4.69) is 26.7 Å². The van der Waals surface area contributed by atoms with Crippen molar-refractivity contribution < 1.29 is 17.9 Å². The summed E-state index contributed by atoms with van der Waals surface area (Å²) in [7, 11) is -3.27. The van der Waals surface area contributed by atoms with Crippen LogP contribution in [0.25, 0.3) is 0 Å². The molecule has 150 valence electrons. The number of hydrogen-bond acceptors (Lipinski definition) is 6. The summed E-state index contributed by atoms with van der Waals surface area (Å²) in [6.07, 6.45) is 1.19. The van der Waals surface area contributed by atoms with Gasteiger partial charge in [-0.15, -0.1) is 0 Å². The minimum atomic E-state index is -3.27. The number of hydrogen-bond donors (Lipinski definition) is 1. The number of nitrogens with one attached hydrogen (secondary N) is 1. The van der Waals surface area contributed by atoms with Gasteiger partial charge in [0, 0.05) is 44.5 Å². The Morgan fingerprint density at radius 3 is 2.43 bits per heavy atom. The second-order valence-electron chi connectivity index (χ2n) is 7.11. The molecule has 0 amide bonds. The third-order valence-corrected chi connectivity index (χ3v) is 5.89. The molecule has 1 N–H and O–H groups in total. The summed E-state index contributed by atoms with van der Waals surface area (Å²) in [5, 5.41) is 0. The van der Waals surface area contributed by atoms with Gasteiger partial charge in [0.2, 0.25) is 16.8 Å². The lowest BCUT2D eigenvalue weighted by Crippen LogP contribution is -2.49. The maximum atomic E-state index is 11.7. The average molecular weight is 404 g/mol. The molecule has 2 aromatic carbocycles. The molecule has 2 heterocycles. The molecular formula is C20H25N3O4S. The predicted molar refractivity (Wildman–Crippen MR) is 108 cm³/mol. The van der Waals surface area contributed by atoms with E-state index in [9.17, 15) is 8.42 Å². The van der Waals surface area contributed by atoms with Gasteiger partial charge in [-0.2, -0.15) is 0 Å². The summed E-state index contributed by atoms with van der Waals surface area (Å²) in [5.41, 5.74) is 2.24. The van der Waals surface area contributed by atoms with E-state index in [0.717, 1.165) is 37.5 Å². The molecule has 0 bridgehead atoms. The summed E-state index contributed by atoms with van der Waals surface area (Å²) >= 11 is 0. The van der Waals surface area contributed by atoms with Crippen LogP contribution >= 0.6 is 0 Å². The number of rotatable bonds is 6. The maximum absolute atomic E-state index is 11.7. The third kappa shape index (κ3) is 4.40. The fourth-order valence-corrected chi connectivity index (χ4v) is 4.20. The predicted octanol–water partition coefficient (Wildman–Crippen LogP) is 1.83. The van der Waals surface area contributed by atoms with E-state index >= 15 is 0 Å². The normalized spacial score (nSPS) is 18.2. The highest BCUT2D eigenvalue weighted by Crippen LogP contribution is 2.35. The van der Waals surface area contributed by atoms with Crippen LogP contribution in [0, 0.1) is 0 Å². The Hall–Kier alpha value is -2.29. The van der Waals surface area contributed by atoms with E-state index in [1.165, 1.54) is 11.9 Å². The fourth-order valence-electron chi connectivity index (χ4n) is 3.74. The summed E-state index contributed by atoms with van der Waals surface area (Å²) in [5.74, 6) is 1.44. The molecule has 0 spiro atoms. The smallest absolute Gasteiger partial charge is 0.231 e. The number of ether oxygens (including phenoxy) is 2. The van der Waals surface area contributed by atoms with Gasteiger partial charge in [0.1, 0.15) is 0 Å². The highest BCUT2D eigenvalue weighted by Gasteiger charge is 2.27. The van der Waals surface area contributed by atoms with Crippen molar-refractivity contribution in [1.82, 2.24) is 9.62 Å². The first-order valence-electron chi connectivity index (χ1n) is 9.38. The van der Waals surface area contributed by atoms with E-state index in [0.29, 0.717) is 12.3 Å². The largest absolute Gasteiger partial charge is 0.454 e. The van der Waals surface area contributed by atoms with Crippen molar-refractivity contribution in [2.75, 3.05) is 50.7 Å². The van der Waals surface area contributed by atoms with E-state index in [1.54, 1.807) is 0 Å². The van der Waals surface area contributed by atoms with Gasteiger partial charge < -0.3 is 14.4 Å². The van der Waals surface area contributed by atoms with E-state index in [1.807, 2.05) is 36.4 Å². The number of benzene rings is 2. The number of anilines is 1. The number of para-hydroxylation sites is 1. The molecular weight excluding hydrogens is 378 g/mol. The van der Waals surface area contributed by atoms with Crippen molar-refractivity contribution >= 4 is 15.7 Å². The summed E-state index contributed by atoms with van der Waals surface area (Å²) in [6, 6.07) is 16.1. The summed E-state index contributed by atoms with van der Waals surface area (Å²) in [6.45, 7) is 4.03. The van der Waals surface area contributed by atoms with Crippen LogP contribution in [-0.4, -0.2) is 59.1 Å². The summed E-state index contributed by atoms with van der Waals surface area (Å²) < 4.78 is 37.0. The Kier molecular flexibility index (Phi) is 5.43. The lowest BCUT2D eigenvalue weighted by molar-refractivity contribution is 0.173. The number of nitrogens with zero attached hydrogens (tertiary/aromatic N) is 2. The third-order valence-electron chi connectivity index (χ3n) is 5.20. The van der Waals surface area contributed by atoms with Crippen molar-refractivity contribution in [2.24, 2.45) is 0 Å². The van der Waals surface area contributed by atoms with Gasteiger partial charge in [0.15, 0.2) is 11.5 Å². The number of sulfonamides is 1. The van der Waals surface area contributed by atoms with Gasteiger partial charge in [-0.1, -0.05) is 24.3 Å². The van der Waals surface area contributed by atoms with Crippen LogP contribution in [0.2, 0.25) is 0 Å². The zero-order valence-electron chi connectivity index (χ0n) is 15.9. The van der Waals surface area contributed by atoms with Gasteiger partial charge >= 0.3 is 0 Å². The van der Waals surface area contributed by atoms with Gasteiger partial charge in [-0.05, 0) is 29.8 Å². The molecule has 1 fully saturated rings. The topological polar surface area (TPSA) is 71.1 Å². The zero-order chi connectivity index (χ0) is 19.6. The van der Waals surface area contributed by atoms with E-state index < -0.39 is 10.0 Å². The van der Waals surface area contributed by atoms with Crippen molar-refractivity contribution in [3.8, 4) is 11.5 Å². The van der Waals surface area contributed by atoms with Crippen LogP contribution in [0.15, 0.2) is 48.5 Å². The Morgan fingerprint density at radius 1 is 1.00 bits per heavy atom. The minimum absolute atomic E-state index is 0.0675. The van der Waals surface area contributed by atoms with Crippen molar-refractivity contribution in [2.45, 2.75) is 6.04 Å². The Morgan fingerprint density at radius 2 is 1.71 bits per heavy atom. The van der Waals surface area contributed by atoms with Crippen LogP contribution in [0.1, 0.15) is 11.6 Å². The van der Waals surface area contributed by atoms with Gasteiger partial charge in [-0.3, -0.25) is 4.90 Å². The molecule has 1 saturated heterocycles. The molecule has 0 aliphatic carbocycles. The quantitative estimate of drug-likeness (QED) is 0.794. The molecule has 4 rings (SSSR count). The van der Waals surface area contributed by atoms with Crippen LogP contribution in [0.3, 0.4) is 0 Å². The monoisotopic (exact) mass is 403 g/mol. The molecule has 28 heavy (non-hydrogen) atoms. The molecule has 7 nitrogen and oxygen atoms in total. The van der Waals surface area contributed by atoms with Crippen LogP contribution in [0.4, 0.5) is 5.69 Å². The van der Waals surface area contributed by atoms with Crippen LogP contribution in [0.5, 0.6) is 11.5 Å². The lowest BCUT2D eigenvalue weighted by Gasteiger charge is -2.40. The fraction of sp³-hybridized carbons (Fsp3) is 0.400. The van der Waals surface area contributed by atoms with Gasteiger partial charge in [-0.25, -0.2) is 13.1 Å². The second kappa shape index (κ2) is 7.98. The SMILES string of the molecule is CS(=O)(=O)NC[C@@H](c1ccc2c(c1)OCO2)N1CCN(c2ccccc2)CC1. The molecule has 0 radical (unpaired) electrons. The van der Waals surface area contributed by atoms with Crippen molar-refractivity contribution in [3.05, 3.63) is 54.1 Å². The Balaban J connectivity index is 1.51. The van der Waals surface area contributed by atoms with Crippen LogP contribution in [-0.2, 0) is 10.0 Å². The maximum Gasteiger partial charge on any atom is 0.231 e. The second-order valence-corrected chi connectivity index (χ2v) is 8.94. The first-order chi connectivity index (χ1) is 13.5. The molecule has 8 heteroatoms. The number of piperazine rings is 1.